The van der Waals surface area contributed by atoms with Crippen LogP contribution in [0.4, 0.5) is 4.39 Å². The lowest BCUT2D eigenvalue weighted by Crippen LogP contribution is -2.00. The first-order chi connectivity index (χ1) is 13.7. The fourth-order valence-corrected chi connectivity index (χ4v) is 3.33. The lowest BCUT2D eigenvalue weighted by molar-refractivity contribution is -0.137. The lowest BCUT2D eigenvalue weighted by Gasteiger charge is -2.08. The summed E-state index contributed by atoms with van der Waals surface area (Å²) in [5.41, 5.74) is 2.86. The summed E-state index contributed by atoms with van der Waals surface area (Å²) in [7, 11) is 0. The number of aryl methyl sites for hydroxylation is 1. The van der Waals surface area contributed by atoms with Crippen LogP contribution in [0.3, 0.4) is 0 Å². The van der Waals surface area contributed by atoms with E-state index in [0.29, 0.717) is 18.6 Å². The van der Waals surface area contributed by atoms with Crippen LogP contribution < -0.4 is 0 Å². The van der Waals surface area contributed by atoms with E-state index >= 15 is 0 Å². The third kappa shape index (κ3) is 8.08. The Kier molecular flexibility index (Phi) is 10.1. The van der Waals surface area contributed by atoms with Crippen LogP contribution in [0.1, 0.15) is 62.1 Å². The molecule has 0 unspecified atom stereocenters. The van der Waals surface area contributed by atoms with Crippen molar-refractivity contribution in [2.45, 2.75) is 58.3 Å². The van der Waals surface area contributed by atoms with Crippen molar-refractivity contribution in [3.05, 3.63) is 77.1 Å². The van der Waals surface area contributed by atoms with Gasteiger partial charge in [0.1, 0.15) is 5.82 Å². The summed E-state index contributed by atoms with van der Waals surface area (Å²) < 4.78 is 19.1. The van der Waals surface area contributed by atoms with Gasteiger partial charge in [-0.25, -0.2) is 9.18 Å². The Bertz CT molecular complexity index is 737. The Labute approximate surface area is 168 Å². The molecule has 150 valence electrons. The molecule has 2 rings (SSSR count). The van der Waals surface area contributed by atoms with Gasteiger partial charge in [0, 0.05) is 6.08 Å². The standard InChI is InChI=1S/C25H31FO2/c1-2-28-25(27)20-19-22-16-12-18-24(26)23(22)17-11-6-4-3-5-8-13-21-14-9-7-10-15-21/h7,9-10,12,14-16,18-20H,2-6,8,11,13,17H2,1H3/b20-19+. The van der Waals surface area contributed by atoms with Gasteiger partial charge in [-0.1, -0.05) is 68.1 Å². The highest BCUT2D eigenvalue weighted by atomic mass is 19.1. The number of halogens is 1. The van der Waals surface area contributed by atoms with Crippen LogP contribution in [0, 0.1) is 5.82 Å². The molecule has 0 heterocycles. The normalized spacial score (nSPS) is 11.1. The van der Waals surface area contributed by atoms with E-state index in [2.05, 4.69) is 30.3 Å². The van der Waals surface area contributed by atoms with Crippen molar-refractivity contribution in [3.63, 3.8) is 0 Å². The summed E-state index contributed by atoms with van der Waals surface area (Å²) in [6.07, 6.45) is 11.8. The van der Waals surface area contributed by atoms with Crippen molar-refractivity contribution >= 4 is 12.0 Å². The molecule has 3 heteroatoms. The number of benzene rings is 2. The first kappa shape index (κ1) is 21.9. The van der Waals surface area contributed by atoms with E-state index in [1.807, 2.05) is 6.07 Å². The summed E-state index contributed by atoms with van der Waals surface area (Å²) in [5.74, 6) is -0.595. The Hall–Kier alpha value is -2.42. The van der Waals surface area contributed by atoms with Gasteiger partial charge < -0.3 is 4.74 Å². The molecule has 0 N–H and O–H groups in total. The maximum Gasteiger partial charge on any atom is 0.330 e. The van der Waals surface area contributed by atoms with E-state index in [1.54, 1.807) is 19.1 Å². The first-order valence-corrected chi connectivity index (χ1v) is 10.4. The second-order valence-electron chi connectivity index (χ2n) is 7.00. The molecule has 0 bridgehead atoms. The Balaban J connectivity index is 1.68. The van der Waals surface area contributed by atoms with Gasteiger partial charge in [-0.2, -0.15) is 0 Å². The highest BCUT2D eigenvalue weighted by Gasteiger charge is 2.07. The topological polar surface area (TPSA) is 26.3 Å². The molecule has 0 atom stereocenters. The van der Waals surface area contributed by atoms with Crippen LogP contribution in [-0.4, -0.2) is 12.6 Å². The van der Waals surface area contributed by atoms with E-state index < -0.39 is 5.97 Å². The molecule has 0 saturated heterocycles. The zero-order chi connectivity index (χ0) is 20.0. The number of rotatable bonds is 12. The third-order valence-corrected chi connectivity index (χ3v) is 4.83. The van der Waals surface area contributed by atoms with E-state index in [-0.39, 0.29) is 5.82 Å². The van der Waals surface area contributed by atoms with E-state index in [0.717, 1.165) is 24.8 Å². The van der Waals surface area contributed by atoms with E-state index in [1.165, 1.54) is 43.4 Å². The fraction of sp³-hybridized carbons (Fsp3) is 0.400. The molecule has 0 spiro atoms. The molecular formula is C25H31FO2. The number of hydrogen-bond acceptors (Lipinski definition) is 2. The summed E-state index contributed by atoms with van der Waals surface area (Å²) in [6.45, 7) is 2.10. The molecular weight excluding hydrogens is 351 g/mol. The molecule has 0 amide bonds. The molecule has 0 aromatic heterocycles. The SMILES string of the molecule is CCOC(=O)/C=C/c1cccc(F)c1CCCCCCCCc1ccccc1. The van der Waals surface area contributed by atoms with Gasteiger partial charge >= 0.3 is 5.97 Å². The summed E-state index contributed by atoms with van der Waals surface area (Å²) in [4.78, 5) is 11.5. The molecule has 28 heavy (non-hydrogen) atoms. The molecule has 0 fully saturated rings. The van der Waals surface area contributed by atoms with Gasteiger partial charge in [-0.05, 0) is 61.4 Å². The van der Waals surface area contributed by atoms with Crippen molar-refractivity contribution in [2.24, 2.45) is 0 Å². The average molecular weight is 383 g/mol. The zero-order valence-corrected chi connectivity index (χ0v) is 16.8. The predicted octanol–water partition coefficient (Wildman–Crippen LogP) is 6.53. The van der Waals surface area contributed by atoms with Crippen molar-refractivity contribution in [2.75, 3.05) is 6.61 Å². The van der Waals surface area contributed by atoms with Crippen LogP contribution in [0.5, 0.6) is 0 Å². The summed E-state index contributed by atoms with van der Waals surface area (Å²) in [6, 6.07) is 15.6. The van der Waals surface area contributed by atoms with Crippen LogP contribution in [0.2, 0.25) is 0 Å². The monoisotopic (exact) mass is 382 g/mol. The Morgan fingerprint density at radius 1 is 0.893 bits per heavy atom. The van der Waals surface area contributed by atoms with E-state index in [9.17, 15) is 9.18 Å². The zero-order valence-electron chi connectivity index (χ0n) is 16.8. The molecule has 2 aromatic carbocycles. The minimum Gasteiger partial charge on any atom is -0.463 e. The smallest absolute Gasteiger partial charge is 0.330 e. The molecule has 0 aliphatic heterocycles. The van der Waals surface area contributed by atoms with Crippen molar-refractivity contribution in [1.29, 1.82) is 0 Å². The van der Waals surface area contributed by atoms with Gasteiger partial charge in [-0.15, -0.1) is 0 Å². The number of unbranched alkanes of at least 4 members (excludes halogenated alkanes) is 5. The number of hydrogen-bond donors (Lipinski definition) is 0. The Morgan fingerprint density at radius 2 is 1.57 bits per heavy atom. The molecule has 2 aromatic rings. The molecule has 0 aliphatic rings. The molecule has 0 radical (unpaired) electrons. The summed E-state index contributed by atoms with van der Waals surface area (Å²) in [5, 5.41) is 0. The van der Waals surface area contributed by atoms with Gasteiger partial charge in [0.05, 0.1) is 6.61 Å². The van der Waals surface area contributed by atoms with Gasteiger partial charge in [0.15, 0.2) is 0 Å². The van der Waals surface area contributed by atoms with Crippen LogP contribution in [0.15, 0.2) is 54.6 Å². The van der Waals surface area contributed by atoms with Crippen molar-refractivity contribution in [3.8, 4) is 0 Å². The summed E-state index contributed by atoms with van der Waals surface area (Å²) >= 11 is 0. The Morgan fingerprint density at radius 3 is 2.29 bits per heavy atom. The molecule has 2 nitrogen and oxygen atoms in total. The largest absolute Gasteiger partial charge is 0.463 e. The lowest BCUT2D eigenvalue weighted by atomic mass is 9.99. The van der Waals surface area contributed by atoms with Crippen molar-refractivity contribution in [1.82, 2.24) is 0 Å². The van der Waals surface area contributed by atoms with Gasteiger partial charge in [0.2, 0.25) is 0 Å². The number of ether oxygens (including phenoxy) is 1. The van der Waals surface area contributed by atoms with Crippen LogP contribution in [-0.2, 0) is 22.4 Å². The first-order valence-electron chi connectivity index (χ1n) is 10.4. The third-order valence-electron chi connectivity index (χ3n) is 4.83. The maximum absolute atomic E-state index is 14.2. The van der Waals surface area contributed by atoms with Crippen LogP contribution in [0.25, 0.3) is 6.08 Å². The molecule has 0 saturated carbocycles. The number of esters is 1. The number of carbonyl (C=O) groups is 1. The van der Waals surface area contributed by atoms with Crippen LogP contribution >= 0.6 is 0 Å². The quantitative estimate of drug-likeness (QED) is 0.237. The minimum atomic E-state index is -0.395. The second kappa shape index (κ2) is 12.9. The highest BCUT2D eigenvalue weighted by molar-refractivity contribution is 5.87. The fourth-order valence-electron chi connectivity index (χ4n) is 3.33. The predicted molar refractivity (Wildman–Crippen MR) is 114 cm³/mol. The van der Waals surface area contributed by atoms with E-state index in [4.69, 9.17) is 4.74 Å². The minimum absolute atomic E-state index is 0.200. The maximum atomic E-state index is 14.2. The van der Waals surface area contributed by atoms with Gasteiger partial charge in [-0.3, -0.25) is 0 Å². The van der Waals surface area contributed by atoms with Gasteiger partial charge in [0.25, 0.3) is 0 Å². The molecule has 0 aliphatic carbocycles. The average Bonchev–Trinajstić information content (AvgIpc) is 2.70. The second-order valence-corrected chi connectivity index (χ2v) is 7.00. The van der Waals surface area contributed by atoms with Crippen molar-refractivity contribution < 1.29 is 13.9 Å². The number of carbonyl (C=O) groups excluding carboxylic acids is 1. The highest BCUT2D eigenvalue weighted by Crippen LogP contribution is 2.19.